The predicted molar refractivity (Wildman–Crippen MR) is 98.5 cm³/mol. The van der Waals surface area contributed by atoms with Gasteiger partial charge in [-0.15, -0.1) is 0 Å². The third-order valence-corrected chi connectivity index (χ3v) is 4.39. The Bertz CT molecular complexity index is 445. The highest BCUT2D eigenvalue weighted by atomic mass is 16.7. The molecule has 0 rings (SSSR count). The molecule has 7 nitrogen and oxygen atoms in total. The van der Waals surface area contributed by atoms with Crippen LogP contribution in [0.15, 0.2) is 0 Å². The van der Waals surface area contributed by atoms with E-state index in [-0.39, 0.29) is 18.4 Å². The van der Waals surface area contributed by atoms with Gasteiger partial charge in [-0.25, -0.2) is 4.79 Å². The molecule has 2 atom stereocenters. The standard InChI is InChI=1S/C19H35NO6/c1-7-14(8-2)9-10-15(16(21)22)11-20-19(24)26-18(13(5)6)25-17(23)12(3)4/h12-15,18H,7-11H2,1-6H3,(H,20,24)(H,21,22)/t15-,18+/m0/s1. The van der Waals surface area contributed by atoms with Crippen molar-refractivity contribution in [1.82, 2.24) is 5.32 Å². The summed E-state index contributed by atoms with van der Waals surface area (Å²) in [5, 5.41) is 11.8. The average molecular weight is 373 g/mol. The molecule has 152 valence electrons. The molecule has 0 aliphatic carbocycles. The van der Waals surface area contributed by atoms with E-state index >= 15 is 0 Å². The number of esters is 1. The number of nitrogens with one attached hydrogen (secondary N) is 1. The maximum absolute atomic E-state index is 12.0. The van der Waals surface area contributed by atoms with Crippen LogP contribution in [0.25, 0.3) is 0 Å². The molecule has 0 saturated carbocycles. The number of carboxylic acid groups (broad SMARTS) is 1. The molecule has 0 aliphatic rings. The SMILES string of the molecule is CCC(CC)CC[C@@H](CNC(=O)O[C@@H](OC(=O)C(C)C)C(C)C)C(=O)O. The van der Waals surface area contributed by atoms with Crippen LogP contribution in [-0.2, 0) is 19.1 Å². The molecule has 0 aromatic carbocycles. The van der Waals surface area contributed by atoms with Gasteiger partial charge in [-0.1, -0.05) is 54.4 Å². The summed E-state index contributed by atoms with van der Waals surface area (Å²) in [6.07, 6.45) is 1.54. The molecular weight excluding hydrogens is 338 g/mol. The third-order valence-electron chi connectivity index (χ3n) is 4.39. The minimum atomic E-state index is -1.00. The molecule has 0 heterocycles. The molecule has 0 saturated heterocycles. The number of aliphatic carboxylic acids is 1. The molecule has 0 bridgehead atoms. The van der Waals surface area contributed by atoms with Crippen LogP contribution in [0.1, 0.15) is 67.2 Å². The van der Waals surface area contributed by atoms with Crippen molar-refractivity contribution in [3.63, 3.8) is 0 Å². The van der Waals surface area contributed by atoms with Crippen LogP contribution in [0.4, 0.5) is 4.79 Å². The highest BCUT2D eigenvalue weighted by Gasteiger charge is 2.25. The number of alkyl carbamates (subject to hydrolysis) is 1. The first-order valence-corrected chi connectivity index (χ1v) is 9.49. The minimum Gasteiger partial charge on any atom is -0.481 e. The minimum absolute atomic E-state index is 0.0166. The molecule has 7 heteroatoms. The van der Waals surface area contributed by atoms with Crippen LogP contribution in [0.3, 0.4) is 0 Å². The summed E-state index contributed by atoms with van der Waals surface area (Å²) < 4.78 is 10.3. The smallest absolute Gasteiger partial charge is 0.410 e. The van der Waals surface area contributed by atoms with Crippen LogP contribution in [0.5, 0.6) is 0 Å². The second-order valence-corrected chi connectivity index (χ2v) is 7.29. The predicted octanol–water partition coefficient (Wildman–Crippen LogP) is 3.81. The van der Waals surface area contributed by atoms with Gasteiger partial charge in [0.1, 0.15) is 0 Å². The molecule has 1 amide bonds. The third kappa shape index (κ3) is 9.63. The van der Waals surface area contributed by atoms with E-state index in [4.69, 9.17) is 9.47 Å². The Morgan fingerprint density at radius 3 is 1.96 bits per heavy atom. The molecular formula is C19H35NO6. The zero-order valence-corrected chi connectivity index (χ0v) is 16.9. The van der Waals surface area contributed by atoms with Crippen molar-refractivity contribution in [2.24, 2.45) is 23.7 Å². The Labute approximate surface area is 156 Å². The van der Waals surface area contributed by atoms with Gasteiger partial charge in [0.15, 0.2) is 0 Å². The van der Waals surface area contributed by atoms with Gasteiger partial charge in [0.05, 0.1) is 11.8 Å². The monoisotopic (exact) mass is 373 g/mol. The second kappa shape index (κ2) is 12.5. The number of rotatable bonds is 12. The summed E-state index contributed by atoms with van der Waals surface area (Å²) in [6.45, 7) is 11.1. The Hall–Kier alpha value is -1.79. The summed E-state index contributed by atoms with van der Waals surface area (Å²) in [5.74, 6) is -2.12. The van der Waals surface area contributed by atoms with E-state index in [1.807, 2.05) is 0 Å². The number of carboxylic acids is 1. The van der Waals surface area contributed by atoms with E-state index in [1.54, 1.807) is 27.7 Å². The van der Waals surface area contributed by atoms with Crippen molar-refractivity contribution in [2.75, 3.05) is 6.54 Å². The Balaban J connectivity index is 4.56. The topological polar surface area (TPSA) is 102 Å². The number of amides is 1. The number of hydrogen-bond donors (Lipinski definition) is 2. The van der Waals surface area contributed by atoms with Gasteiger partial charge in [-0.05, 0) is 18.8 Å². The lowest BCUT2D eigenvalue weighted by Crippen LogP contribution is -2.38. The van der Waals surface area contributed by atoms with Gasteiger partial charge < -0.3 is 19.9 Å². The van der Waals surface area contributed by atoms with E-state index in [0.29, 0.717) is 12.3 Å². The first-order chi connectivity index (χ1) is 12.1. The maximum Gasteiger partial charge on any atom is 0.410 e. The number of carbonyl (C=O) groups excluding carboxylic acids is 2. The number of carbonyl (C=O) groups is 3. The van der Waals surface area contributed by atoms with Gasteiger partial charge in [0, 0.05) is 12.5 Å². The molecule has 0 aliphatic heterocycles. The zero-order valence-electron chi connectivity index (χ0n) is 16.9. The van der Waals surface area contributed by atoms with Crippen LogP contribution in [-0.4, -0.2) is 36.0 Å². The van der Waals surface area contributed by atoms with E-state index in [2.05, 4.69) is 19.2 Å². The van der Waals surface area contributed by atoms with E-state index < -0.39 is 30.2 Å². The van der Waals surface area contributed by atoms with E-state index in [9.17, 15) is 19.5 Å². The van der Waals surface area contributed by atoms with Crippen molar-refractivity contribution in [3.05, 3.63) is 0 Å². The van der Waals surface area contributed by atoms with Gasteiger partial charge in [-0.3, -0.25) is 9.59 Å². The molecule has 0 radical (unpaired) electrons. The highest BCUT2D eigenvalue weighted by Crippen LogP contribution is 2.19. The fourth-order valence-electron chi connectivity index (χ4n) is 2.35. The molecule has 0 spiro atoms. The average Bonchev–Trinajstić information content (AvgIpc) is 2.56. The maximum atomic E-state index is 12.0. The highest BCUT2D eigenvalue weighted by molar-refractivity contribution is 5.73. The van der Waals surface area contributed by atoms with Crippen molar-refractivity contribution < 1.29 is 29.0 Å². The quantitative estimate of drug-likeness (QED) is 0.398. The summed E-state index contributed by atoms with van der Waals surface area (Å²) >= 11 is 0. The molecule has 0 aromatic heterocycles. The number of hydrogen-bond acceptors (Lipinski definition) is 5. The van der Waals surface area contributed by atoms with Gasteiger partial charge in [0.2, 0.25) is 0 Å². The van der Waals surface area contributed by atoms with Crippen LogP contribution < -0.4 is 5.32 Å². The summed E-state index contributed by atoms with van der Waals surface area (Å²) in [4.78, 5) is 35.0. The van der Waals surface area contributed by atoms with Gasteiger partial charge >= 0.3 is 18.0 Å². The summed E-state index contributed by atoms with van der Waals surface area (Å²) in [5.41, 5.74) is 0. The van der Waals surface area contributed by atoms with Gasteiger partial charge in [0.25, 0.3) is 6.29 Å². The van der Waals surface area contributed by atoms with Crippen LogP contribution in [0.2, 0.25) is 0 Å². The van der Waals surface area contributed by atoms with Crippen molar-refractivity contribution in [3.8, 4) is 0 Å². The summed E-state index contributed by atoms with van der Waals surface area (Å²) in [6, 6.07) is 0. The Morgan fingerprint density at radius 2 is 1.54 bits per heavy atom. The second-order valence-electron chi connectivity index (χ2n) is 7.29. The lowest BCUT2D eigenvalue weighted by atomic mass is 9.92. The van der Waals surface area contributed by atoms with Gasteiger partial charge in [-0.2, -0.15) is 0 Å². The first kappa shape index (κ1) is 24.2. The first-order valence-electron chi connectivity index (χ1n) is 9.49. The van der Waals surface area contributed by atoms with E-state index in [1.165, 1.54) is 0 Å². The van der Waals surface area contributed by atoms with Crippen molar-refractivity contribution in [1.29, 1.82) is 0 Å². The molecule has 0 unspecified atom stereocenters. The number of ether oxygens (including phenoxy) is 2. The van der Waals surface area contributed by atoms with Crippen molar-refractivity contribution in [2.45, 2.75) is 73.5 Å². The fourth-order valence-corrected chi connectivity index (χ4v) is 2.35. The molecule has 0 fully saturated rings. The molecule has 0 aromatic rings. The van der Waals surface area contributed by atoms with E-state index in [0.717, 1.165) is 19.3 Å². The lowest BCUT2D eigenvalue weighted by molar-refractivity contribution is -0.178. The van der Waals surface area contributed by atoms with Crippen LogP contribution in [0, 0.1) is 23.7 Å². The fraction of sp³-hybridized carbons (Fsp3) is 0.842. The Kier molecular flexibility index (Phi) is 11.7. The molecule has 26 heavy (non-hydrogen) atoms. The normalized spacial score (nSPS) is 13.6. The lowest BCUT2D eigenvalue weighted by Gasteiger charge is -2.23. The summed E-state index contributed by atoms with van der Waals surface area (Å²) in [7, 11) is 0. The zero-order chi connectivity index (χ0) is 20.3. The van der Waals surface area contributed by atoms with Crippen molar-refractivity contribution >= 4 is 18.0 Å². The van der Waals surface area contributed by atoms with Crippen LogP contribution >= 0.6 is 0 Å². The molecule has 2 N–H and O–H groups in total. The Morgan fingerprint density at radius 1 is 0.962 bits per heavy atom. The largest absolute Gasteiger partial charge is 0.481 e.